The molecule has 0 atom stereocenters. The predicted octanol–water partition coefficient (Wildman–Crippen LogP) is 8.09. The molecule has 0 heterocycles. The van der Waals surface area contributed by atoms with Gasteiger partial charge in [-0.1, -0.05) is 87.9 Å². The average Bonchev–Trinajstić information content (AvgIpc) is 2.70. The van der Waals surface area contributed by atoms with E-state index >= 15 is 0 Å². The Hall–Kier alpha value is -2.64. The lowest BCUT2D eigenvalue weighted by Gasteiger charge is -2.07. The summed E-state index contributed by atoms with van der Waals surface area (Å²) in [6, 6.07) is 6.54. The molecule has 3 nitrogen and oxygen atoms in total. The van der Waals surface area contributed by atoms with Gasteiger partial charge in [-0.3, -0.25) is 0 Å². The van der Waals surface area contributed by atoms with Crippen LogP contribution in [-0.4, -0.2) is 16.7 Å². The Morgan fingerprint density at radius 2 is 1.59 bits per heavy atom. The van der Waals surface area contributed by atoms with E-state index in [0.717, 1.165) is 17.6 Å². The Morgan fingerprint density at radius 3 is 1.91 bits per heavy atom. The molecule has 0 aliphatic carbocycles. The van der Waals surface area contributed by atoms with Gasteiger partial charge in [0.1, 0.15) is 0 Å². The molecular formula is C29H53NO2. The second kappa shape index (κ2) is 26.4. The maximum absolute atomic E-state index is 8.06. The van der Waals surface area contributed by atoms with Crippen LogP contribution in [0.25, 0.3) is 5.57 Å². The highest BCUT2D eigenvalue weighted by atomic mass is 16.3. The molecule has 186 valence electrons. The minimum atomic E-state index is -0.167. The lowest BCUT2D eigenvalue weighted by molar-refractivity contribution is 0.216. The molecule has 0 radical (unpaired) electrons. The van der Waals surface area contributed by atoms with Gasteiger partial charge < -0.3 is 16.7 Å². The van der Waals surface area contributed by atoms with Crippen LogP contribution in [0.3, 0.4) is 0 Å². The van der Waals surface area contributed by atoms with E-state index < -0.39 is 0 Å². The summed E-state index contributed by atoms with van der Waals surface area (Å²) in [7, 11) is 0. The van der Waals surface area contributed by atoms with Crippen molar-refractivity contribution in [2.24, 2.45) is 0 Å². The molecule has 3 heteroatoms. The highest BCUT2D eigenvalue weighted by Gasteiger charge is 2.00. The van der Waals surface area contributed by atoms with E-state index in [2.05, 4.69) is 65.0 Å². The normalized spacial score (nSPS) is 8.62. The second-order valence-corrected chi connectivity index (χ2v) is 6.91. The van der Waals surface area contributed by atoms with Crippen molar-refractivity contribution in [3.05, 3.63) is 89.6 Å². The number of rotatable bonds is 5. The Bertz CT molecular complexity index is 739. The minimum Gasteiger partial charge on any atom is -0.412 e. The largest absolute Gasteiger partial charge is 0.412 e. The molecule has 0 amide bonds. The van der Waals surface area contributed by atoms with Gasteiger partial charge in [0, 0.05) is 8.96 Å². The molecule has 1 rings (SSSR count). The van der Waals surface area contributed by atoms with Crippen molar-refractivity contribution < 1.29 is 13.4 Å². The standard InChI is InChI=1S/C14H16.C10H14.C3H8O.C2H6.H3N.H2O.2H2/c1-5-7-11(3)14-9-8-13(6-2)10-12(14)4;1-5-10(6-2)8-7-9(3)4;1-3(2)4;1-2;;;;/h1,7-10H,6H2,2-4H3;5-8H,1-2H2,3-4H3;3-4H,1-2H3;1-2H3;1H3;1H2;2*1H/b11-7-;;;;;;;. The third-order valence-corrected chi connectivity index (χ3v) is 3.50. The van der Waals surface area contributed by atoms with Crippen LogP contribution in [-0.2, 0) is 6.42 Å². The Morgan fingerprint density at radius 1 is 1.12 bits per heavy atom. The van der Waals surface area contributed by atoms with Crippen LogP contribution in [0.2, 0.25) is 0 Å². The molecule has 0 unspecified atom stereocenters. The first kappa shape index (κ1) is 39.8. The van der Waals surface area contributed by atoms with Crippen LogP contribution in [0.15, 0.2) is 72.9 Å². The fourth-order valence-corrected chi connectivity index (χ4v) is 2.07. The summed E-state index contributed by atoms with van der Waals surface area (Å²) in [6.07, 6.45) is 15.6. The van der Waals surface area contributed by atoms with E-state index in [-0.39, 0.29) is 20.6 Å². The molecule has 1 aromatic carbocycles. The summed E-state index contributed by atoms with van der Waals surface area (Å²) in [6.45, 7) is 25.2. The molecule has 0 spiro atoms. The Labute approximate surface area is 202 Å². The van der Waals surface area contributed by atoms with Crippen molar-refractivity contribution in [1.29, 1.82) is 0 Å². The van der Waals surface area contributed by atoms with Gasteiger partial charge in [0.15, 0.2) is 0 Å². The van der Waals surface area contributed by atoms with Crippen molar-refractivity contribution in [3.63, 3.8) is 0 Å². The second-order valence-electron chi connectivity index (χ2n) is 6.91. The van der Waals surface area contributed by atoms with Crippen LogP contribution in [0.1, 0.15) is 74.9 Å². The van der Waals surface area contributed by atoms with Gasteiger partial charge in [-0.2, -0.15) is 0 Å². The van der Waals surface area contributed by atoms with E-state index in [9.17, 15) is 0 Å². The van der Waals surface area contributed by atoms with E-state index in [4.69, 9.17) is 11.5 Å². The van der Waals surface area contributed by atoms with Crippen molar-refractivity contribution >= 4 is 5.57 Å². The van der Waals surface area contributed by atoms with E-state index in [1.807, 2.05) is 39.0 Å². The molecule has 0 aliphatic heterocycles. The Balaban J connectivity index is -0.0000000651. The number of allylic oxidation sites excluding steroid dienone is 8. The molecule has 32 heavy (non-hydrogen) atoms. The van der Waals surface area contributed by atoms with Gasteiger partial charge in [0.05, 0.1) is 0 Å². The summed E-state index contributed by atoms with van der Waals surface area (Å²) in [5, 5.41) is 8.06. The molecule has 0 bridgehead atoms. The average molecular weight is 448 g/mol. The summed E-state index contributed by atoms with van der Waals surface area (Å²) < 4.78 is 0. The van der Waals surface area contributed by atoms with Crippen molar-refractivity contribution in [2.45, 2.75) is 74.8 Å². The van der Waals surface area contributed by atoms with E-state index in [1.165, 1.54) is 22.3 Å². The number of hydrogen-bond donors (Lipinski definition) is 2. The summed E-state index contributed by atoms with van der Waals surface area (Å²) in [5.74, 6) is 2.56. The maximum Gasteiger partial charge on any atom is 0.0483 e. The SMILES string of the molecule is C#C/C=C(/C)c1ccc(CC)cc1C.C=CC(C=C)=CC=C(C)C.CC.CC(C)O.N.O.[HH].[HH]. The third kappa shape index (κ3) is 23.6. The van der Waals surface area contributed by atoms with Crippen LogP contribution >= 0.6 is 0 Å². The van der Waals surface area contributed by atoms with E-state index in [0.29, 0.717) is 0 Å². The number of benzene rings is 1. The van der Waals surface area contributed by atoms with E-state index in [1.54, 1.807) is 26.0 Å². The molecular weight excluding hydrogens is 394 g/mol. The predicted molar refractivity (Wildman–Crippen MR) is 153 cm³/mol. The van der Waals surface area contributed by atoms with Gasteiger partial charge in [0.25, 0.3) is 0 Å². The van der Waals surface area contributed by atoms with Gasteiger partial charge in [-0.25, -0.2) is 0 Å². The fourth-order valence-electron chi connectivity index (χ4n) is 2.07. The first-order valence-electron chi connectivity index (χ1n) is 10.6. The smallest absolute Gasteiger partial charge is 0.0483 e. The van der Waals surface area contributed by atoms with Crippen molar-refractivity contribution in [2.75, 3.05) is 0 Å². The Kier molecular flexibility index (Phi) is 32.8. The first-order valence-corrected chi connectivity index (χ1v) is 10.6. The molecule has 0 fully saturated rings. The number of aryl methyl sites for hydroxylation is 2. The summed E-state index contributed by atoms with van der Waals surface area (Å²) >= 11 is 0. The third-order valence-electron chi connectivity index (χ3n) is 3.50. The molecule has 0 aromatic heterocycles. The number of aliphatic hydroxyl groups excluding tert-OH is 1. The monoisotopic (exact) mass is 447 g/mol. The first-order chi connectivity index (χ1) is 14.1. The highest BCUT2D eigenvalue weighted by molar-refractivity contribution is 5.68. The molecule has 0 aliphatic rings. The molecule has 1 aromatic rings. The number of aliphatic hydroxyl groups is 1. The lowest BCUT2D eigenvalue weighted by atomic mass is 9.98. The maximum atomic E-state index is 8.06. The zero-order valence-corrected chi connectivity index (χ0v) is 22.0. The minimum absolute atomic E-state index is 0. The number of hydrogen-bond acceptors (Lipinski definition) is 2. The molecule has 6 N–H and O–H groups in total. The lowest BCUT2D eigenvalue weighted by Crippen LogP contribution is -1.88. The fraction of sp³-hybridized carbons (Fsp3) is 0.379. The highest BCUT2D eigenvalue weighted by Crippen LogP contribution is 2.19. The van der Waals surface area contributed by atoms with Gasteiger partial charge in [-0.05, 0) is 81.9 Å². The number of terminal acetylenes is 1. The topological polar surface area (TPSA) is 86.7 Å². The zero-order valence-electron chi connectivity index (χ0n) is 22.0. The van der Waals surface area contributed by atoms with Crippen molar-refractivity contribution in [1.82, 2.24) is 6.15 Å². The summed E-state index contributed by atoms with van der Waals surface area (Å²) in [5.41, 5.74) is 7.42. The van der Waals surface area contributed by atoms with Gasteiger partial charge in [0.2, 0.25) is 0 Å². The summed E-state index contributed by atoms with van der Waals surface area (Å²) in [4.78, 5) is 0. The van der Waals surface area contributed by atoms with Crippen molar-refractivity contribution in [3.8, 4) is 12.3 Å². The van der Waals surface area contributed by atoms with Crippen LogP contribution in [0.5, 0.6) is 0 Å². The molecule has 0 saturated carbocycles. The zero-order chi connectivity index (χ0) is 24.1. The van der Waals surface area contributed by atoms with Gasteiger partial charge >= 0.3 is 0 Å². The molecule has 0 saturated heterocycles. The van der Waals surface area contributed by atoms with Crippen LogP contribution in [0, 0.1) is 19.3 Å². The van der Waals surface area contributed by atoms with Gasteiger partial charge in [-0.15, -0.1) is 6.42 Å². The van der Waals surface area contributed by atoms with Crippen LogP contribution in [0.4, 0.5) is 0 Å². The quantitative estimate of drug-likeness (QED) is 0.353. The van der Waals surface area contributed by atoms with Crippen LogP contribution < -0.4 is 6.15 Å².